The van der Waals surface area contributed by atoms with Crippen LogP contribution in [0.2, 0.25) is 5.02 Å². The maximum Gasteiger partial charge on any atom is 0.242 e. The number of hydrogen-bond acceptors (Lipinski definition) is 4. The molecule has 1 atom stereocenters. The van der Waals surface area contributed by atoms with Gasteiger partial charge in [0.15, 0.2) is 0 Å². The molecule has 102 valence electrons. The maximum atomic E-state index is 12.0. The average Bonchev–Trinajstić information content (AvgIpc) is 2.40. The molecule has 0 bridgehead atoms. The van der Waals surface area contributed by atoms with Gasteiger partial charge in [-0.3, -0.25) is 14.5 Å². The molecule has 7 heteroatoms. The van der Waals surface area contributed by atoms with E-state index in [9.17, 15) is 9.59 Å². The minimum absolute atomic E-state index is 0.0597. The average molecular weight is 283 g/mol. The van der Waals surface area contributed by atoms with Crippen LogP contribution in [0.15, 0.2) is 18.3 Å². The number of nitrogens with zero attached hydrogens (tertiary/aromatic N) is 2. The molecule has 0 aromatic carbocycles. The standard InChI is InChI=1S/C12H15ClN4O2/c1-8(17-5-4-14-11(18)7-17)12(19)16-10-3-2-9(13)6-15-10/h2-3,6,8H,4-5,7H2,1H3,(H,14,18)(H,15,16,19). The number of carbonyl (C=O) groups is 2. The van der Waals surface area contributed by atoms with Crippen molar-refractivity contribution in [3.8, 4) is 0 Å². The predicted molar refractivity (Wildman–Crippen MR) is 71.9 cm³/mol. The Kier molecular flexibility index (Phi) is 4.34. The molecule has 19 heavy (non-hydrogen) atoms. The highest BCUT2D eigenvalue weighted by atomic mass is 35.5. The summed E-state index contributed by atoms with van der Waals surface area (Å²) in [6, 6.07) is 2.91. The van der Waals surface area contributed by atoms with Crippen LogP contribution >= 0.6 is 11.6 Å². The van der Waals surface area contributed by atoms with Crippen LogP contribution < -0.4 is 10.6 Å². The van der Waals surface area contributed by atoms with Crippen LogP contribution in [0.3, 0.4) is 0 Å². The van der Waals surface area contributed by atoms with E-state index in [0.717, 1.165) is 0 Å². The van der Waals surface area contributed by atoms with Gasteiger partial charge in [-0.05, 0) is 19.1 Å². The molecule has 0 radical (unpaired) electrons. The summed E-state index contributed by atoms with van der Waals surface area (Å²) in [6.07, 6.45) is 1.47. The van der Waals surface area contributed by atoms with E-state index in [0.29, 0.717) is 23.9 Å². The fourth-order valence-electron chi connectivity index (χ4n) is 1.84. The molecule has 2 rings (SSSR count). The zero-order valence-electron chi connectivity index (χ0n) is 10.5. The van der Waals surface area contributed by atoms with Crippen molar-refractivity contribution < 1.29 is 9.59 Å². The summed E-state index contributed by atoms with van der Waals surface area (Å²) in [5, 5.41) is 5.93. The Morgan fingerprint density at radius 3 is 3.00 bits per heavy atom. The first-order valence-electron chi connectivity index (χ1n) is 5.99. The minimum Gasteiger partial charge on any atom is -0.354 e. The quantitative estimate of drug-likeness (QED) is 0.846. The molecule has 1 aliphatic rings. The van der Waals surface area contributed by atoms with Gasteiger partial charge in [-0.2, -0.15) is 0 Å². The van der Waals surface area contributed by atoms with Gasteiger partial charge in [0.1, 0.15) is 5.82 Å². The van der Waals surface area contributed by atoms with Crippen LogP contribution in [0.25, 0.3) is 0 Å². The molecule has 0 saturated carbocycles. The lowest BCUT2D eigenvalue weighted by Gasteiger charge is -2.30. The second-order valence-electron chi connectivity index (χ2n) is 4.35. The zero-order valence-corrected chi connectivity index (χ0v) is 11.3. The van der Waals surface area contributed by atoms with Gasteiger partial charge in [0, 0.05) is 19.3 Å². The lowest BCUT2D eigenvalue weighted by molar-refractivity contribution is -0.127. The summed E-state index contributed by atoms with van der Waals surface area (Å²) < 4.78 is 0. The summed E-state index contributed by atoms with van der Waals surface area (Å²) in [5.74, 6) is 0.197. The molecule has 2 heterocycles. The number of rotatable bonds is 3. The molecule has 2 amide bonds. The van der Waals surface area contributed by atoms with Crippen LogP contribution in [0, 0.1) is 0 Å². The normalized spacial score (nSPS) is 17.7. The molecular weight excluding hydrogens is 268 g/mol. The Morgan fingerprint density at radius 2 is 2.37 bits per heavy atom. The Labute approximate surface area is 116 Å². The number of halogens is 1. The number of anilines is 1. The maximum absolute atomic E-state index is 12.0. The number of pyridine rings is 1. The summed E-state index contributed by atoms with van der Waals surface area (Å²) in [4.78, 5) is 29.2. The fraction of sp³-hybridized carbons (Fsp3) is 0.417. The van der Waals surface area contributed by atoms with E-state index >= 15 is 0 Å². The molecule has 6 nitrogen and oxygen atoms in total. The van der Waals surface area contributed by atoms with E-state index in [1.165, 1.54) is 6.20 Å². The van der Waals surface area contributed by atoms with Crippen molar-refractivity contribution in [1.29, 1.82) is 0 Å². The van der Waals surface area contributed by atoms with Crippen LogP contribution in [-0.4, -0.2) is 47.4 Å². The third-order valence-electron chi connectivity index (χ3n) is 2.97. The lowest BCUT2D eigenvalue weighted by Crippen LogP contribution is -2.53. The van der Waals surface area contributed by atoms with E-state index in [-0.39, 0.29) is 24.4 Å². The summed E-state index contributed by atoms with van der Waals surface area (Å²) in [6.45, 7) is 3.23. The SMILES string of the molecule is CC(C(=O)Nc1ccc(Cl)cn1)N1CCNC(=O)C1. The number of amides is 2. The van der Waals surface area contributed by atoms with Crippen LogP contribution in [-0.2, 0) is 9.59 Å². The Bertz CT molecular complexity index is 477. The number of piperazine rings is 1. The van der Waals surface area contributed by atoms with E-state index < -0.39 is 0 Å². The molecular formula is C12H15ClN4O2. The smallest absolute Gasteiger partial charge is 0.242 e. The van der Waals surface area contributed by atoms with Gasteiger partial charge in [0.25, 0.3) is 0 Å². The first kappa shape index (κ1) is 13.8. The van der Waals surface area contributed by atoms with Crippen molar-refractivity contribution in [2.24, 2.45) is 0 Å². The second-order valence-corrected chi connectivity index (χ2v) is 4.78. The summed E-state index contributed by atoms with van der Waals surface area (Å²) >= 11 is 5.72. The van der Waals surface area contributed by atoms with Crippen molar-refractivity contribution in [2.45, 2.75) is 13.0 Å². The van der Waals surface area contributed by atoms with Gasteiger partial charge in [-0.25, -0.2) is 4.98 Å². The first-order valence-corrected chi connectivity index (χ1v) is 6.37. The van der Waals surface area contributed by atoms with Gasteiger partial charge in [0.05, 0.1) is 17.6 Å². The van der Waals surface area contributed by atoms with Gasteiger partial charge >= 0.3 is 0 Å². The summed E-state index contributed by atoms with van der Waals surface area (Å²) in [5.41, 5.74) is 0. The van der Waals surface area contributed by atoms with Crippen LogP contribution in [0.4, 0.5) is 5.82 Å². The first-order chi connectivity index (χ1) is 9.06. The molecule has 1 unspecified atom stereocenters. The predicted octanol–water partition coefficient (Wildman–Crippen LogP) is 0.494. The van der Waals surface area contributed by atoms with E-state index in [2.05, 4.69) is 15.6 Å². The Morgan fingerprint density at radius 1 is 1.58 bits per heavy atom. The van der Waals surface area contributed by atoms with Crippen molar-refractivity contribution >= 4 is 29.2 Å². The monoisotopic (exact) mass is 282 g/mol. The van der Waals surface area contributed by atoms with Gasteiger partial charge in [-0.15, -0.1) is 0 Å². The zero-order chi connectivity index (χ0) is 13.8. The lowest BCUT2D eigenvalue weighted by atomic mass is 10.2. The molecule has 1 aliphatic heterocycles. The van der Waals surface area contributed by atoms with Crippen molar-refractivity contribution in [3.63, 3.8) is 0 Å². The van der Waals surface area contributed by atoms with E-state index in [4.69, 9.17) is 11.6 Å². The molecule has 0 aliphatic carbocycles. The molecule has 1 aromatic rings. The van der Waals surface area contributed by atoms with Crippen molar-refractivity contribution in [1.82, 2.24) is 15.2 Å². The molecule has 1 aromatic heterocycles. The molecule has 0 spiro atoms. The highest BCUT2D eigenvalue weighted by molar-refractivity contribution is 6.30. The van der Waals surface area contributed by atoms with Crippen LogP contribution in [0.5, 0.6) is 0 Å². The molecule has 1 saturated heterocycles. The van der Waals surface area contributed by atoms with Crippen molar-refractivity contribution in [3.05, 3.63) is 23.4 Å². The van der Waals surface area contributed by atoms with Crippen molar-refractivity contribution in [2.75, 3.05) is 25.0 Å². The van der Waals surface area contributed by atoms with E-state index in [1.54, 1.807) is 19.1 Å². The minimum atomic E-state index is -0.386. The van der Waals surface area contributed by atoms with Gasteiger partial charge < -0.3 is 10.6 Å². The molecule has 2 N–H and O–H groups in total. The largest absolute Gasteiger partial charge is 0.354 e. The number of carbonyl (C=O) groups excluding carboxylic acids is 2. The topological polar surface area (TPSA) is 74.3 Å². The number of aromatic nitrogens is 1. The van der Waals surface area contributed by atoms with Gasteiger partial charge in [0.2, 0.25) is 11.8 Å². The second kappa shape index (κ2) is 5.99. The van der Waals surface area contributed by atoms with Gasteiger partial charge in [-0.1, -0.05) is 11.6 Å². The Hall–Kier alpha value is -1.66. The highest BCUT2D eigenvalue weighted by Gasteiger charge is 2.26. The number of nitrogens with one attached hydrogen (secondary N) is 2. The third-order valence-corrected chi connectivity index (χ3v) is 3.20. The Balaban J connectivity index is 1.95. The fourth-order valence-corrected chi connectivity index (χ4v) is 1.95. The van der Waals surface area contributed by atoms with Crippen LogP contribution in [0.1, 0.15) is 6.92 Å². The van der Waals surface area contributed by atoms with E-state index in [1.807, 2.05) is 4.90 Å². The summed E-state index contributed by atoms with van der Waals surface area (Å²) in [7, 11) is 0. The molecule has 1 fully saturated rings. The third kappa shape index (κ3) is 3.65. The number of hydrogen-bond donors (Lipinski definition) is 2. The highest BCUT2D eigenvalue weighted by Crippen LogP contribution is 2.11.